The molecular weight excluding hydrogens is 512 g/mol. The molecule has 32 heavy (non-hydrogen) atoms. The molecule has 0 saturated carbocycles. The minimum atomic E-state index is -4.60. The number of benzene rings is 2. The van der Waals surface area contributed by atoms with E-state index in [9.17, 15) is 26.0 Å². The van der Waals surface area contributed by atoms with Gasteiger partial charge >= 0.3 is 6.18 Å². The van der Waals surface area contributed by atoms with Gasteiger partial charge in [0.1, 0.15) is 21.4 Å². The molecule has 3 rings (SSSR count). The molecule has 1 aliphatic carbocycles. The summed E-state index contributed by atoms with van der Waals surface area (Å²) in [7, 11) is -3.17. The maximum absolute atomic E-state index is 14.4. The van der Waals surface area contributed by atoms with Gasteiger partial charge in [0.15, 0.2) is 0 Å². The molecule has 3 nitrogen and oxygen atoms in total. The standard InChI is InChI=1S/C23H25BrF4O3S/c1-22(2)12-18(17-9-14(13-24)21(25)11-19(17)22)16-6-5-15(10-20(16)23(26,27)28)31-7-4-8-32(3,29)30/h5-6,9-11,18H,4,7-8,12-13H2,1-3H3. The number of ether oxygens (including phenoxy) is 1. The Labute approximate surface area is 194 Å². The molecule has 0 heterocycles. The summed E-state index contributed by atoms with van der Waals surface area (Å²) in [5.41, 5.74) is 0.689. The van der Waals surface area contributed by atoms with Crippen molar-refractivity contribution >= 4 is 25.8 Å². The van der Waals surface area contributed by atoms with Crippen LogP contribution in [-0.4, -0.2) is 27.0 Å². The smallest absolute Gasteiger partial charge is 0.416 e. The van der Waals surface area contributed by atoms with Crippen molar-refractivity contribution < 1.29 is 30.7 Å². The minimum absolute atomic E-state index is 0.00308. The van der Waals surface area contributed by atoms with Crippen LogP contribution < -0.4 is 4.74 Å². The van der Waals surface area contributed by atoms with Gasteiger partial charge in [-0.2, -0.15) is 13.2 Å². The Morgan fingerprint density at radius 1 is 1.16 bits per heavy atom. The molecule has 176 valence electrons. The van der Waals surface area contributed by atoms with E-state index in [4.69, 9.17) is 4.74 Å². The number of fused-ring (bicyclic) bond motifs is 1. The van der Waals surface area contributed by atoms with Crippen molar-refractivity contribution in [1.82, 2.24) is 0 Å². The summed E-state index contributed by atoms with van der Waals surface area (Å²) in [6, 6.07) is 6.97. The van der Waals surface area contributed by atoms with Crippen LogP contribution in [0.2, 0.25) is 0 Å². The number of halogens is 5. The van der Waals surface area contributed by atoms with E-state index in [1.807, 2.05) is 13.8 Å². The quantitative estimate of drug-likeness (QED) is 0.234. The third-order valence-electron chi connectivity index (χ3n) is 5.82. The van der Waals surface area contributed by atoms with Crippen molar-refractivity contribution in [3.63, 3.8) is 0 Å². The second-order valence-electron chi connectivity index (χ2n) is 8.88. The van der Waals surface area contributed by atoms with Crippen LogP contribution in [0.25, 0.3) is 0 Å². The molecule has 0 aliphatic heterocycles. The molecule has 0 N–H and O–H groups in total. The first-order valence-electron chi connectivity index (χ1n) is 10.1. The first kappa shape index (κ1) is 25.0. The fourth-order valence-electron chi connectivity index (χ4n) is 4.31. The summed E-state index contributed by atoms with van der Waals surface area (Å²) in [5, 5.41) is 0.269. The number of rotatable bonds is 7. The lowest BCUT2D eigenvalue weighted by molar-refractivity contribution is -0.138. The largest absolute Gasteiger partial charge is 0.494 e. The zero-order valence-corrected chi connectivity index (χ0v) is 20.4. The van der Waals surface area contributed by atoms with Crippen LogP contribution >= 0.6 is 15.9 Å². The van der Waals surface area contributed by atoms with Gasteiger partial charge in [0.25, 0.3) is 0 Å². The molecule has 2 aromatic carbocycles. The second-order valence-corrected chi connectivity index (χ2v) is 11.7. The number of hydrogen-bond acceptors (Lipinski definition) is 3. The average Bonchev–Trinajstić information content (AvgIpc) is 2.93. The van der Waals surface area contributed by atoms with Crippen LogP contribution in [0.1, 0.15) is 60.4 Å². The van der Waals surface area contributed by atoms with Crippen LogP contribution in [0.3, 0.4) is 0 Å². The number of sulfone groups is 1. The summed E-state index contributed by atoms with van der Waals surface area (Å²) in [5.74, 6) is -0.970. The highest BCUT2D eigenvalue weighted by Gasteiger charge is 2.43. The summed E-state index contributed by atoms with van der Waals surface area (Å²) in [4.78, 5) is 0. The first-order chi connectivity index (χ1) is 14.7. The van der Waals surface area contributed by atoms with E-state index in [-0.39, 0.29) is 41.2 Å². The number of hydrogen-bond donors (Lipinski definition) is 0. The van der Waals surface area contributed by atoms with Crippen molar-refractivity contribution in [2.45, 2.75) is 49.5 Å². The summed E-state index contributed by atoms with van der Waals surface area (Å²) < 4.78 is 84.2. The SMILES string of the molecule is CC1(C)CC(c2ccc(OCCCS(C)(=O)=O)cc2C(F)(F)F)c2cc(CBr)c(F)cc21. The third kappa shape index (κ3) is 5.47. The van der Waals surface area contributed by atoms with Crippen molar-refractivity contribution in [3.05, 3.63) is 64.0 Å². The fraction of sp³-hybridized carbons (Fsp3) is 0.478. The second kappa shape index (κ2) is 8.97. The van der Waals surface area contributed by atoms with Crippen LogP contribution in [0.5, 0.6) is 5.75 Å². The van der Waals surface area contributed by atoms with Gasteiger partial charge in [-0.3, -0.25) is 0 Å². The topological polar surface area (TPSA) is 43.4 Å². The van der Waals surface area contributed by atoms with Gasteiger partial charge in [-0.1, -0.05) is 41.9 Å². The molecule has 1 aliphatic rings. The van der Waals surface area contributed by atoms with Gasteiger partial charge < -0.3 is 4.74 Å². The molecule has 0 aromatic heterocycles. The Kier molecular flexibility index (Phi) is 7.01. The van der Waals surface area contributed by atoms with Crippen LogP contribution in [0.4, 0.5) is 17.6 Å². The molecule has 0 bridgehead atoms. The monoisotopic (exact) mass is 536 g/mol. The highest BCUT2D eigenvalue weighted by Crippen LogP contribution is 2.52. The van der Waals surface area contributed by atoms with E-state index in [0.717, 1.165) is 17.9 Å². The van der Waals surface area contributed by atoms with Gasteiger partial charge in [-0.25, -0.2) is 12.8 Å². The fourth-order valence-corrected chi connectivity index (χ4v) is 5.38. The molecule has 9 heteroatoms. The predicted molar refractivity (Wildman–Crippen MR) is 120 cm³/mol. The van der Waals surface area contributed by atoms with E-state index in [0.29, 0.717) is 17.5 Å². The summed E-state index contributed by atoms with van der Waals surface area (Å²) in [6.45, 7) is 3.81. The van der Waals surface area contributed by atoms with Crippen LogP contribution in [0.15, 0.2) is 30.3 Å². The maximum Gasteiger partial charge on any atom is 0.416 e. The molecule has 0 radical (unpaired) electrons. The molecule has 0 saturated heterocycles. The average molecular weight is 537 g/mol. The molecule has 1 unspecified atom stereocenters. The van der Waals surface area contributed by atoms with Crippen LogP contribution in [0, 0.1) is 5.82 Å². The number of alkyl halides is 4. The van der Waals surface area contributed by atoms with Crippen molar-refractivity contribution in [2.75, 3.05) is 18.6 Å². The lowest BCUT2D eigenvalue weighted by Crippen LogP contribution is -2.15. The predicted octanol–water partition coefficient (Wildman–Crippen LogP) is 6.37. The molecule has 0 spiro atoms. The van der Waals surface area contributed by atoms with Crippen molar-refractivity contribution in [2.24, 2.45) is 0 Å². The zero-order chi connectivity index (χ0) is 23.9. The minimum Gasteiger partial charge on any atom is -0.494 e. The molecule has 0 fully saturated rings. The lowest BCUT2D eigenvalue weighted by atomic mass is 9.84. The van der Waals surface area contributed by atoms with Gasteiger partial charge in [0.05, 0.1) is 17.9 Å². The highest BCUT2D eigenvalue weighted by molar-refractivity contribution is 9.08. The molecular formula is C23H25BrF4O3S. The maximum atomic E-state index is 14.4. The van der Waals surface area contributed by atoms with Crippen LogP contribution in [-0.2, 0) is 26.8 Å². The Balaban J connectivity index is 1.98. The van der Waals surface area contributed by atoms with Gasteiger partial charge in [-0.05, 0) is 58.7 Å². The van der Waals surface area contributed by atoms with Gasteiger partial charge in [0.2, 0.25) is 0 Å². The van der Waals surface area contributed by atoms with E-state index in [2.05, 4.69) is 15.9 Å². The Bertz CT molecular complexity index is 1110. The third-order valence-corrected chi connectivity index (χ3v) is 7.45. The Morgan fingerprint density at radius 2 is 1.84 bits per heavy atom. The molecule has 1 atom stereocenters. The van der Waals surface area contributed by atoms with Crippen molar-refractivity contribution in [1.29, 1.82) is 0 Å². The van der Waals surface area contributed by atoms with E-state index >= 15 is 0 Å². The Hall–Kier alpha value is -1.61. The summed E-state index contributed by atoms with van der Waals surface area (Å²) >= 11 is 3.25. The Morgan fingerprint density at radius 3 is 2.44 bits per heavy atom. The van der Waals surface area contributed by atoms with Crippen molar-refractivity contribution in [3.8, 4) is 5.75 Å². The lowest BCUT2D eigenvalue weighted by Gasteiger charge is -2.22. The zero-order valence-electron chi connectivity index (χ0n) is 18.0. The first-order valence-corrected chi connectivity index (χ1v) is 13.3. The van der Waals surface area contributed by atoms with Gasteiger partial charge in [0, 0.05) is 17.5 Å². The van der Waals surface area contributed by atoms with E-state index in [1.54, 1.807) is 6.07 Å². The van der Waals surface area contributed by atoms with Gasteiger partial charge in [-0.15, -0.1) is 0 Å². The highest BCUT2D eigenvalue weighted by atomic mass is 79.9. The van der Waals surface area contributed by atoms with E-state index in [1.165, 1.54) is 18.2 Å². The summed E-state index contributed by atoms with van der Waals surface area (Å²) in [6.07, 6.45) is -2.90. The van der Waals surface area contributed by atoms with E-state index < -0.39 is 32.9 Å². The molecule has 2 aromatic rings. The normalized spacial score (nSPS) is 17.9. The molecule has 0 amide bonds.